The zero-order chi connectivity index (χ0) is 8.27. The quantitative estimate of drug-likeness (QED) is 0.847. The Kier molecular flexibility index (Phi) is 3.55. The minimum Gasteiger partial charge on any atom is -0.317 e. The van der Waals surface area contributed by atoms with Crippen molar-refractivity contribution in [2.75, 3.05) is 7.05 Å². The van der Waals surface area contributed by atoms with Crippen molar-refractivity contribution in [2.24, 2.45) is 0 Å². The van der Waals surface area contributed by atoms with Gasteiger partial charge in [0.15, 0.2) is 0 Å². The van der Waals surface area contributed by atoms with Crippen LogP contribution in [-0.2, 0) is 6.42 Å². The van der Waals surface area contributed by atoms with Crippen LogP contribution in [0.5, 0.6) is 0 Å². The number of nitrogens with one attached hydrogen (secondary N) is 1. The molecule has 0 aliphatic rings. The number of likely N-dealkylation sites (N-methyl/N-ethyl adjacent to an activating group) is 1. The Morgan fingerprint density at radius 2 is 2.45 bits per heavy atom. The van der Waals surface area contributed by atoms with Gasteiger partial charge in [-0.25, -0.2) is 0 Å². The van der Waals surface area contributed by atoms with Crippen molar-refractivity contribution in [3.8, 4) is 0 Å². The summed E-state index contributed by atoms with van der Waals surface area (Å²) in [4.78, 5) is 1.43. The van der Waals surface area contributed by atoms with Gasteiger partial charge in [-0.2, -0.15) is 0 Å². The minimum atomic E-state index is 0.570. The van der Waals surface area contributed by atoms with Crippen LogP contribution in [0.15, 0.2) is 15.9 Å². The smallest absolute Gasteiger partial charge is 0.0285 e. The molecular formula is C8H12BrNS. The molecule has 0 amide bonds. The SMILES string of the molecule is CNC(C)Cc1cc(Br)cs1. The van der Waals surface area contributed by atoms with E-state index >= 15 is 0 Å². The maximum absolute atomic E-state index is 3.43. The van der Waals surface area contributed by atoms with Gasteiger partial charge in [0.1, 0.15) is 0 Å². The molecule has 0 saturated carbocycles. The van der Waals surface area contributed by atoms with Crippen LogP contribution in [0.3, 0.4) is 0 Å². The Morgan fingerprint density at radius 1 is 1.73 bits per heavy atom. The maximum Gasteiger partial charge on any atom is 0.0285 e. The normalized spacial score (nSPS) is 13.4. The number of hydrogen-bond acceptors (Lipinski definition) is 2. The van der Waals surface area contributed by atoms with Gasteiger partial charge < -0.3 is 5.32 Å². The molecule has 0 fully saturated rings. The molecular weight excluding hydrogens is 222 g/mol. The van der Waals surface area contributed by atoms with Gasteiger partial charge in [0, 0.05) is 20.8 Å². The van der Waals surface area contributed by atoms with E-state index in [1.54, 1.807) is 11.3 Å². The van der Waals surface area contributed by atoms with Crippen LogP contribution < -0.4 is 5.32 Å². The number of rotatable bonds is 3. The van der Waals surface area contributed by atoms with Crippen molar-refractivity contribution in [2.45, 2.75) is 19.4 Å². The number of thiophene rings is 1. The molecule has 11 heavy (non-hydrogen) atoms. The fraction of sp³-hybridized carbons (Fsp3) is 0.500. The molecule has 1 atom stereocenters. The van der Waals surface area contributed by atoms with Gasteiger partial charge in [-0.1, -0.05) is 0 Å². The van der Waals surface area contributed by atoms with E-state index in [-0.39, 0.29) is 0 Å². The first-order chi connectivity index (χ1) is 5.22. The van der Waals surface area contributed by atoms with E-state index in [0.29, 0.717) is 6.04 Å². The zero-order valence-electron chi connectivity index (χ0n) is 6.73. The predicted molar refractivity (Wildman–Crippen MR) is 54.2 cm³/mol. The molecule has 1 heterocycles. The van der Waals surface area contributed by atoms with Crippen LogP contribution in [0.25, 0.3) is 0 Å². The molecule has 0 saturated heterocycles. The minimum absolute atomic E-state index is 0.570. The van der Waals surface area contributed by atoms with Crippen molar-refractivity contribution in [1.82, 2.24) is 5.32 Å². The Hall–Kier alpha value is 0.140. The highest BCUT2D eigenvalue weighted by Gasteiger charge is 2.02. The van der Waals surface area contributed by atoms with E-state index in [2.05, 4.69) is 39.6 Å². The molecule has 0 aliphatic heterocycles. The number of hydrogen-bond donors (Lipinski definition) is 1. The lowest BCUT2D eigenvalue weighted by Crippen LogP contribution is -2.22. The molecule has 0 spiro atoms. The molecule has 0 aliphatic carbocycles. The summed E-state index contributed by atoms with van der Waals surface area (Å²) in [5, 5.41) is 5.34. The predicted octanol–water partition coefficient (Wildman–Crippen LogP) is 2.66. The standard InChI is InChI=1S/C8H12BrNS/c1-6(10-2)3-8-4-7(9)5-11-8/h4-6,10H,3H2,1-2H3. The van der Waals surface area contributed by atoms with Gasteiger partial charge >= 0.3 is 0 Å². The third kappa shape index (κ3) is 2.93. The largest absolute Gasteiger partial charge is 0.317 e. The van der Waals surface area contributed by atoms with E-state index in [1.165, 1.54) is 9.35 Å². The van der Waals surface area contributed by atoms with E-state index in [1.807, 2.05) is 7.05 Å². The summed E-state index contributed by atoms with van der Waals surface area (Å²) in [6.07, 6.45) is 1.12. The average molecular weight is 234 g/mol. The molecule has 1 nitrogen and oxygen atoms in total. The highest BCUT2D eigenvalue weighted by molar-refractivity contribution is 9.10. The third-order valence-corrected chi connectivity index (χ3v) is 3.34. The molecule has 0 aromatic carbocycles. The van der Waals surface area contributed by atoms with Crippen LogP contribution in [0.2, 0.25) is 0 Å². The highest BCUT2D eigenvalue weighted by Crippen LogP contribution is 2.20. The molecule has 62 valence electrons. The van der Waals surface area contributed by atoms with E-state index in [4.69, 9.17) is 0 Å². The van der Waals surface area contributed by atoms with Gasteiger partial charge in [-0.05, 0) is 42.4 Å². The van der Waals surface area contributed by atoms with Crippen LogP contribution in [0.1, 0.15) is 11.8 Å². The van der Waals surface area contributed by atoms with Gasteiger partial charge in [0.05, 0.1) is 0 Å². The van der Waals surface area contributed by atoms with Crippen molar-refractivity contribution < 1.29 is 0 Å². The summed E-state index contributed by atoms with van der Waals surface area (Å²) in [7, 11) is 1.99. The summed E-state index contributed by atoms with van der Waals surface area (Å²) >= 11 is 5.24. The lowest BCUT2D eigenvalue weighted by atomic mass is 10.2. The Labute approximate surface area is 79.9 Å². The van der Waals surface area contributed by atoms with E-state index in [0.717, 1.165) is 6.42 Å². The fourth-order valence-corrected chi connectivity index (χ4v) is 2.45. The molecule has 0 bridgehead atoms. The topological polar surface area (TPSA) is 12.0 Å². The van der Waals surface area contributed by atoms with Crippen LogP contribution in [0, 0.1) is 0 Å². The molecule has 3 heteroatoms. The Bertz CT molecular complexity index is 222. The van der Waals surface area contributed by atoms with Crippen molar-refractivity contribution in [1.29, 1.82) is 0 Å². The lowest BCUT2D eigenvalue weighted by Gasteiger charge is -2.06. The summed E-state index contributed by atoms with van der Waals surface area (Å²) < 4.78 is 1.20. The molecule has 1 aromatic rings. The van der Waals surface area contributed by atoms with Gasteiger partial charge in [0.25, 0.3) is 0 Å². The van der Waals surface area contributed by atoms with Crippen LogP contribution in [0.4, 0.5) is 0 Å². The van der Waals surface area contributed by atoms with E-state index in [9.17, 15) is 0 Å². The summed E-state index contributed by atoms with van der Waals surface area (Å²) in [5.74, 6) is 0. The van der Waals surface area contributed by atoms with Gasteiger partial charge in [-0.15, -0.1) is 11.3 Å². The first-order valence-electron chi connectivity index (χ1n) is 3.62. The molecule has 1 rings (SSSR count). The summed E-state index contributed by atoms with van der Waals surface area (Å²) in [6, 6.07) is 2.75. The van der Waals surface area contributed by atoms with Gasteiger partial charge in [-0.3, -0.25) is 0 Å². The molecule has 1 N–H and O–H groups in total. The van der Waals surface area contributed by atoms with Crippen molar-refractivity contribution >= 4 is 27.3 Å². The summed E-state index contributed by atoms with van der Waals surface area (Å²) in [6.45, 7) is 2.19. The Morgan fingerprint density at radius 3 is 2.91 bits per heavy atom. The number of halogens is 1. The third-order valence-electron chi connectivity index (χ3n) is 1.62. The zero-order valence-corrected chi connectivity index (χ0v) is 9.13. The summed E-state index contributed by atoms with van der Waals surface area (Å²) in [5.41, 5.74) is 0. The second-order valence-electron chi connectivity index (χ2n) is 2.63. The second-order valence-corrected chi connectivity index (χ2v) is 4.54. The monoisotopic (exact) mass is 233 g/mol. The maximum atomic E-state index is 3.43. The first-order valence-corrected chi connectivity index (χ1v) is 5.30. The molecule has 0 radical (unpaired) electrons. The molecule has 1 aromatic heterocycles. The van der Waals surface area contributed by atoms with E-state index < -0.39 is 0 Å². The van der Waals surface area contributed by atoms with Crippen LogP contribution >= 0.6 is 27.3 Å². The van der Waals surface area contributed by atoms with Crippen molar-refractivity contribution in [3.63, 3.8) is 0 Å². The fourth-order valence-electron chi connectivity index (χ4n) is 0.865. The average Bonchev–Trinajstić information content (AvgIpc) is 2.35. The molecule has 1 unspecified atom stereocenters. The second kappa shape index (κ2) is 4.24. The highest BCUT2D eigenvalue weighted by atomic mass is 79.9. The van der Waals surface area contributed by atoms with Crippen LogP contribution in [-0.4, -0.2) is 13.1 Å². The van der Waals surface area contributed by atoms with Crippen molar-refractivity contribution in [3.05, 3.63) is 20.8 Å². The first kappa shape index (κ1) is 9.23. The van der Waals surface area contributed by atoms with Gasteiger partial charge in [0.2, 0.25) is 0 Å². The Balaban J connectivity index is 2.50. The lowest BCUT2D eigenvalue weighted by molar-refractivity contribution is 0.613.